The maximum atomic E-state index is 13.9. The van der Waals surface area contributed by atoms with Crippen molar-refractivity contribution in [3.63, 3.8) is 0 Å². The summed E-state index contributed by atoms with van der Waals surface area (Å²) in [4.78, 5) is 52.2. The Morgan fingerprint density at radius 1 is 0.729 bits per heavy atom. The minimum absolute atomic E-state index is 0. The van der Waals surface area contributed by atoms with Gasteiger partial charge < -0.3 is 35.3 Å². The van der Waals surface area contributed by atoms with Gasteiger partial charge in [0.05, 0.1) is 22.1 Å². The summed E-state index contributed by atoms with van der Waals surface area (Å²) >= 11 is 0. The summed E-state index contributed by atoms with van der Waals surface area (Å²) in [7, 11) is -4.02. The SMILES string of the molecule is CCN([C@H]1CC[C@H](C(=O)[O-])CC1)S(=O)(=O)c1cccc(C(=O)Nc2ccc(N3CCCCC3)cc2C(=O)Nc2ccc(CCCc3ccc(C(=O)[O-])cc3)cc2)c1.[K+].[K+]. The molecule has 0 unspecified atom stereocenters. The van der Waals surface area contributed by atoms with Crippen molar-refractivity contribution in [1.29, 1.82) is 0 Å². The Kier molecular flexibility index (Phi) is 19.5. The number of amides is 2. The van der Waals surface area contributed by atoms with Gasteiger partial charge >= 0.3 is 103 Å². The molecule has 0 bridgehead atoms. The zero-order valence-corrected chi connectivity index (χ0v) is 41.1. The number of hydrogen-bond acceptors (Lipinski definition) is 9. The molecule has 1 aliphatic carbocycles. The van der Waals surface area contributed by atoms with Crippen molar-refractivity contribution < 1.29 is 141 Å². The number of carbonyl (C=O) groups is 4. The minimum atomic E-state index is -4.02. The minimum Gasteiger partial charge on any atom is -0.550 e. The fourth-order valence-corrected chi connectivity index (χ4v) is 9.53. The zero-order chi connectivity index (χ0) is 40.5. The summed E-state index contributed by atoms with van der Waals surface area (Å²) in [5, 5.41) is 28.2. The first-order valence-electron chi connectivity index (χ1n) is 19.7. The van der Waals surface area contributed by atoms with Gasteiger partial charge in [-0.1, -0.05) is 49.4 Å². The number of rotatable bonds is 15. The summed E-state index contributed by atoms with van der Waals surface area (Å²) < 4.78 is 29.1. The van der Waals surface area contributed by atoms with E-state index in [-0.39, 0.29) is 143 Å². The third-order valence-electron chi connectivity index (χ3n) is 11.0. The van der Waals surface area contributed by atoms with Gasteiger partial charge in [0.2, 0.25) is 10.0 Å². The van der Waals surface area contributed by atoms with Crippen LogP contribution in [0.4, 0.5) is 17.1 Å². The Morgan fingerprint density at radius 2 is 1.36 bits per heavy atom. The number of piperidine rings is 1. The van der Waals surface area contributed by atoms with Crippen LogP contribution < -0.4 is 129 Å². The molecule has 4 aromatic carbocycles. The Morgan fingerprint density at radius 3 is 1.95 bits per heavy atom. The number of sulfonamides is 1. The number of carbonyl (C=O) groups excluding carboxylic acids is 4. The average molecular weight is 871 g/mol. The van der Waals surface area contributed by atoms with Crippen molar-refractivity contribution in [2.45, 2.75) is 82.1 Å². The normalized spacial score (nSPS) is 16.6. The second kappa shape index (κ2) is 23.3. The molecule has 1 heterocycles. The number of carboxylic acid groups (broad SMARTS) is 2. The number of benzene rings is 4. The molecule has 2 aliphatic rings. The fourth-order valence-electron chi connectivity index (χ4n) is 7.79. The van der Waals surface area contributed by atoms with Gasteiger partial charge in [-0.05, 0) is 135 Å². The van der Waals surface area contributed by atoms with E-state index in [1.807, 2.05) is 30.3 Å². The average Bonchev–Trinajstić information content (AvgIpc) is 3.22. The molecule has 0 spiro atoms. The molecule has 0 radical (unpaired) electrons. The Labute approximate surface area is 431 Å². The van der Waals surface area contributed by atoms with E-state index in [1.54, 1.807) is 43.3 Å². The number of nitrogens with zero attached hydrogens (tertiary/aromatic N) is 2. The Balaban J connectivity index is 0.00000384. The molecule has 0 atom stereocenters. The quantitative estimate of drug-likeness (QED) is 0.143. The molecular formula is C44H48K2N4O8S. The first-order chi connectivity index (χ1) is 27.4. The van der Waals surface area contributed by atoms with Gasteiger partial charge in [0.15, 0.2) is 0 Å². The van der Waals surface area contributed by atoms with E-state index >= 15 is 0 Å². The number of nitrogens with one attached hydrogen (secondary N) is 2. The third kappa shape index (κ3) is 13.1. The van der Waals surface area contributed by atoms with Crippen molar-refractivity contribution in [3.05, 3.63) is 119 Å². The Bertz CT molecular complexity index is 2190. The molecule has 15 heteroatoms. The number of aromatic carboxylic acids is 1. The van der Waals surface area contributed by atoms with E-state index in [2.05, 4.69) is 15.5 Å². The molecule has 6 rings (SSSR count). The van der Waals surface area contributed by atoms with Crippen molar-refractivity contribution in [1.82, 2.24) is 4.31 Å². The largest absolute Gasteiger partial charge is 1.00 e. The second-order valence-corrected chi connectivity index (χ2v) is 16.7. The first-order valence-corrected chi connectivity index (χ1v) is 21.1. The van der Waals surface area contributed by atoms with E-state index in [9.17, 15) is 37.8 Å². The molecule has 12 nitrogen and oxygen atoms in total. The maximum absolute atomic E-state index is 13.9. The number of aryl methyl sites for hydroxylation is 2. The standard InChI is InChI=1S/C44H50N4O8S.2K/c1-2-48(36-22-18-33(19-23-36)44(53)54)57(55,56)38-11-7-10-34(28-38)41(49)46-40-25-24-37(47-26-4-3-5-27-47)29-39(40)42(50)45-35-20-14-31(15-21-35)9-6-8-30-12-16-32(17-13-30)43(51)52;;/h7,10-17,20-21,24-25,28-29,33,36H,2-6,8-9,18-19,22-23,26-27H2,1H3,(H,45,50)(H,46,49)(H,51,52)(H,53,54);;/q;2*+1/p-2/t33-,36-;;. The van der Waals surface area contributed by atoms with Gasteiger partial charge in [0.1, 0.15) is 0 Å². The number of carboxylic acids is 2. The van der Waals surface area contributed by atoms with E-state index in [4.69, 9.17) is 0 Å². The Hall–Kier alpha value is -2.26. The number of anilines is 3. The summed E-state index contributed by atoms with van der Waals surface area (Å²) in [5.74, 6) is -3.89. The van der Waals surface area contributed by atoms with Crippen LogP contribution in [0.1, 0.15) is 100 Å². The van der Waals surface area contributed by atoms with Gasteiger partial charge in [0.25, 0.3) is 11.8 Å². The first kappa shape index (κ1) is 49.4. The van der Waals surface area contributed by atoms with E-state index in [0.29, 0.717) is 31.4 Å². The summed E-state index contributed by atoms with van der Waals surface area (Å²) in [5.41, 5.74) is 4.33. The predicted molar refractivity (Wildman–Crippen MR) is 214 cm³/mol. The van der Waals surface area contributed by atoms with Crippen molar-refractivity contribution in [2.75, 3.05) is 35.2 Å². The fraction of sp³-hybridized carbons (Fsp3) is 0.364. The third-order valence-corrected chi connectivity index (χ3v) is 13.0. The van der Waals surface area contributed by atoms with E-state index < -0.39 is 39.7 Å². The van der Waals surface area contributed by atoms with Crippen LogP contribution in [0.15, 0.2) is 95.9 Å². The molecule has 2 fully saturated rings. The molecule has 1 saturated carbocycles. The van der Waals surface area contributed by atoms with Crippen LogP contribution >= 0.6 is 0 Å². The van der Waals surface area contributed by atoms with Crippen LogP contribution in [0.25, 0.3) is 0 Å². The van der Waals surface area contributed by atoms with Gasteiger partial charge in [-0.3, -0.25) is 9.59 Å². The number of hydrogen-bond donors (Lipinski definition) is 2. The van der Waals surface area contributed by atoms with Crippen LogP contribution in [0.5, 0.6) is 0 Å². The maximum Gasteiger partial charge on any atom is 1.00 e. The zero-order valence-electron chi connectivity index (χ0n) is 34.1. The molecule has 59 heavy (non-hydrogen) atoms. The van der Waals surface area contributed by atoms with Crippen LogP contribution in [-0.2, 0) is 27.7 Å². The van der Waals surface area contributed by atoms with E-state index in [1.165, 1.54) is 28.6 Å². The van der Waals surface area contributed by atoms with Crippen molar-refractivity contribution in [3.8, 4) is 0 Å². The summed E-state index contributed by atoms with van der Waals surface area (Å²) in [6.45, 7) is 3.64. The molecule has 1 aliphatic heterocycles. The molecule has 1 saturated heterocycles. The summed E-state index contributed by atoms with van der Waals surface area (Å²) in [6.07, 6.45) is 7.12. The molecular weight excluding hydrogens is 823 g/mol. The van der Waals surface area contributed by atoms with Gasteiger partial charge in [-0.15, -0.1) is 0 Å². The number of aliphatic carboxylic acids is 1. The molecule has 2 N–H and O–H groups in total. The van der Waals surface area contributed by atoms with E-state index in [0.717, 1.165) is 68.4 Å². The van der Waals surface area contributed by atoms with Crippen LogP contribution in [0.3, 0.4) is 0 Å². The monoisotopic (exact) mass is 870 g/mol. The smallest absolute Gasteiger partial charge is 0.550 e. The van der Waals surface area contributed by atoms with Crippen molar-refractivity contribution in [2.24, 2.45) is 5.92 Å². The molecule has 300 valence electrons. The van der Waals surface area contributed by atoms with Gasteiger partial charge in [0, 0.05) is 48.6 Å². The topological polar surface area (TPSA) is 179 Å². The predicted octanol–water partition coefficient (Wildman–Crippen LogP) is -0.952. The summed E-state index contributed by atoms with van der Waals surface area (Å²) in [6, 6.07) is 25.0. The van der Waals surface area contributed by atoms with Crippen LogP contribution in [0, 0.1) is 5.92 Å². The van der Waals surface area contributed by atoms with Crippen LogP contribution in [0.2, 0.25) is 0 Å². The van der Waals surface area contributed by atoms with Crippen molar-refractivity contribution >= 4 is 50.8 Å². The molecule has 2 amide bonds. The molecule has 4 aromatic rings. The second-order valence-electron chi connectivity index (χ2n) is 14.8. The van der Waals surface area contributed by atoms with Gasteiger partial charge in [-0.25, -0.2) is 8.42 Å². The molecule has 0 aromatic heterocycles. The van der Waals surface area contributed by atoms with Gasteiger partial charge in [-0.2, -0.15) is 4.31 Å². The van der Waals surface area contributed by atoms with Crippen LogP contribution in [-0.4, -0.2) is 62.2 Å².